The molecule has 3 aliphatic rings. The third-order valence-electron chi connectivity index (χ3n) is 6.63. The number of carbonyl (C=O) groups excluding carboxylic acids is 2. The molecule has 29 heavy (non-hydrogen) atoms. The van der Waals surface area contributed by atoms with Crippen LogP contribution in [0.2, 0.25) is 0 Å². The molecular weight excluding hydrogens is 368 g/mol. The van der Waals surface area contributed by atoms with Gasteiger partial charge in [0.05, 0.1) is 6.61 Å². The maximum Gasteiger partial charge on any atom is 0.410 e. The summed E-state index contributed by atoms with van der Waals surface area (Å²) in [5, 5.41) is 0. The van der Waals surface area contributed by atoms with Gasteiger partial charge in [0.2, 0.25) is 0 Å². The minimum atomic E-state index is -0.510. The van der Waals surface area contributed by atoms with Crippen LogP contribution in [0.5, 0.6) is 0 Å². The zero-order valence-electron chi connectivity index (χ0n) is 17.1. The first-order chi connectivity index (χ1) is 14.2. The van der Waals surface area contributed by atoms with Crippen molar-refractivity contribution in [1.29, 1.82) is 0 Å². The van der Waals surface area contributed by atoms with Crippen LogP contribution >= 0.6 is 0 Å². The van der Waals surface area contributed by atoms with Gasteiger partial charge in [0.1, 0.15) is 12.6 Å². The minimum Gasteiger partial charge on any atom is -0.464 e. The van der Waals surface area contributed by atoms with Gasteiger partial charge in [0.25, 0.3) is 0 Å². The van der Waals surface area contributed by atoms with E-state index >= 15 is 0 Å². The smallest absolute Gasteiger partial charge is 0.410 e. The van der Waals surface area contributed by atoms with E-state index in [0.29, 0.717) is 31.5 Å². The zero-order valence-corrected chi connectivity index (χ0v) is 17.1. The molecule has 0 bridgehead atoms. The van der Waals surface area contributed by atoms with Crippen molar-refractivity contribution in [2.45, 2.75) is 63.6 Å². The van der Waals surface area contributed by atoms with E-state index in [2.05, 4.69) is 4.90 Å². The van der Waals surface area contributed by atoms with Gasteiger partial charge in [0, 0.05) is 18.5 Å². The van der Waals surface area contributed by atoms with Gasteiger partial charge in [-0.2, -0.15) is 0 Å². The fourth-order valence-electron chi connectivity index (χ4n) is 5.09. The van der Waals surface area contributed by atoms with Gasteiger partial charge in [-0.05, 0) is 57.2 Å². The van der Waals surface area contributed by atoms with E-state index in [-0.39, 0.29) is 12.6 Å². The topological polar surface area (TPSA) is 59.1 Å². The summed E-state index contributed by atoms with van der Waals surface area (Å²) in [7, 11) is 0. The molecule has 0 unspecified atom stereocenters. The number of hydrogen-bond acceptors (Lipinski definition) is 5. The van der Waals surface area contributed by atoms with Crippen molar-refractivity contribution in [2.75, 3.05) is 26.2 Å². The second-order valence-electron chi connectivity index (χ2n) is 8.52. The Hall–Kier alpha value is -2.08. The van der Waals surface area contributed by atoms with Crippen LogP contribution < -0.4 is 0 Å². The van der Waals surface area contributed by atoms with Crippen LogP contribution in [0.1, 0.15) is 50.5 Å². The Morgan fingerprint density at radius 3 is 2.55 bits per heavy atom. The highest BCUT2D eigenvalue weighted by Gasteiger charge is 2.38. The number of ether oxygens (including phenoxy) is 2. The molecule has 3 atom stereocenters. The number of likely N-dealkylation sites (tertiary alicyclic amines) is 1. The summed E-state index contributed by atoms with van der Waals surface area (Å²) in [6, 6.07) is 9.64. The van der Waals surface area contributed by atoms with Crippen molar-refractivity contribution in [2.24, 2.45) is 5.92 Å². The van der Waals surface area contributed by atoms with Crippen LogP contribution in [0.3, 0.4) is 0 Å². The molecule has 3 aliphatic heterocycles. The van der Waals surface area contributed by atoms with Gasteiger partial charge in [-0.1, -0.05) is 36.8 Å². The summed E-state index contributed by atoms with van der Waals surface area (Å²) < 4.78 is 11.2. The molecule has 0 saturated carbocycles. The normalized spacial score (nSPS) is 27.3. The van der Waals surface area contributed by atoms with Crippen LogP contribution in [-0.2, 0) is 20.9 Å². The van der Waals surface area contributed by atoms with Crippen LogP contribution in [0, 0.1) is 5.92 Å². The Balaban J connectivity index is 1.27. The van der Waals surface area contributed by atoms with Crippen LogP contribution in [0.4, 0.5) is 4.79 Å². The average Bonchev–Trinajstić information content (AvgIpc) is 3.27. The number of benzene rings is 1. The van der Waals surface area contributed by atoms with E-state index in [1.54, 1.807) is 4.90 Å². The number of piperidine rings is 2. The maximum atomic E-state index is 12.8. The second kappa shape index (κ2) is 9.61. The molecule has 3 fully saturated rings. The Bertz CT molecular complexity index is 693. The van der Waals surface area contributed by atoms with Crippen molar-refractivity contribution in [1.82, 2.24) is 9.80 Å². The van der Waals surface area contributed by atoms with Gasteiger partial charge < -0.3 is 9.47 Å². The molecule has 6 nitrogen and oxygen atoms in total. The number of fused-ring (bicyclic) bond motifs is 1. The molecule has 158 valence electrons. The van der Waals surface area contributed by atoms with E-state index in [1.807, 2.05) is 30.3 Å². The van der Waals surface area contributed by atoms with Crippen LogP contribution in [0.25, 0.3) is 0 Å². The molecule has 0 spiro atoms. The van der Waals surface area contributed by atoms with Crippen molar-refractivity contribution in [3.05, 3.63) is 35.9 Å². The molecule has 0 radical (unpaired) electrons. The molecule has 1 amide bonds. The third kappa shape index (κ3) is 4.92. The lowest BCUT2D eigenvalue weighted by atomic mass is 9.84. The lowest BCUT2D eigenvalue weighted by Crippen LogP contribution is -2.49. The fraction of sp³-hybridized carbons (Fsp3) is 0.652. The van der Waals surface area contributed by atoms with Gasteiger partial charge in [0.15, 0.2) is 0 Å². The van der Waals surface area contributed by atoms with Crippen molar-refractivity contribution >= 4 is 12.1 Å². The summed E-state index contributed by atoms with van der Waals surface area (Å²) in [4.78, 5) is 29.4. The number of rotatable bonds is 5. The molecule has 3 saturated heterocycles. The first kappa shape index (κ1) is 20.2. The number of nitrogens with zero attached hydrogens (tertiary/aromatic N) is 2. The number of esters is 1. The van der Waals surface area contributed by atoms with Gasteiger partial charge >= 0.3 is 12.1 Å². The lowest BCUT2D eigenvalue weighted by Gasteiger charge is -2.44. The zero-order chi connectivity index (χ0) is 20.1. The van der Waals surface area contributed by atoms with E-state index < -0.39 is 12.1 Å². The molecule has 6 heteroatoms. The molecular formula is C23H32N2O4. The molecule has 1 aromatic rings. The Labute approximate surface area is 173 Å². The number of amides is 1. The van der Waals surface area contributed by atoms with E-state index in [1.165, 1.54) is 38.8 Å². The minimum absolute atomic E-state index is 0.220. The highest BCUT2D eigenvalue weighted by Crippen LogP contribution is 2.31. The predicted octanol–water partition coefficient (Wildman–Crippen LogP) is 3.60. The van der Waals surface area contributed by atoms with E-state index in [0.717, 1.165) is 18.4 Å². The summed E-state index contributed by atoms with van der Waals surface area (Å²) in [6.45, 7) is 3.60. The Kier molecular flexibility index (Phi) is 6.70. The highest BCUT2D eigenvalue weighted by atomic mass is 16.6. The van der Waals surface area contributed by atoms with Gasteiger partial charge in [-0.3, -0.25) is 9.80 Å². The summed E-state index contributed by atoms with van der Waals surface area (Å²) in [5.74, 6) is 0.153. The quantitative estimate of drug-likeness (QED) is 0.707. The summed E-state index contributed by atoms with van der Waals surface area (Å²) in [6.07, 6.45) is 7.11. The second-order valence-corrected chi connectivity index (χ2v) is 8.52. The maximum absolute atomic E-state index is 12.8. The van der Waals surface area contributed by atoms with E-state index in [9.17, 15) is 9.59 Å². The average molecular weight is 401 g/mol. The molecule has 3 heterocycles. The lowest BCUT2D eigenvalue weighted by molar-refractivity contribution is -0.151. The molecule has 0 aromatic heterocycles. The standard InChI is InChI=1S/C23H32N2O4/c26-22(28-17-19-10-6-14-24-13-5-4-11-20(19)24)21-12-7-15-25(21)23(27)29-16-18-8-2-1-3-9-18/h1-3,8-9,19-21H,4-7,10-17H2/t19-,20-,21+/m0/s1. The molecule has 4 rings (SSSR count). The van der Waals surface area contributed by atoms with Gasteiger partial charge in [-0.25, -0.2) is 9.59 Å². The van der Waals surface area contributed by atoms with Gasteiger partial charge in [-0.15, -0.1) is 0 Å². The highest BCUT2D eigenvalue weighted by molar-refractivity contribution is 5.82. The van der Waals surface area contributed by atoms with Crippen LogP contribution in [-0.4, -0.2) is 60.2 Å². The number of hydrogen-bond donors (Lipinski definition) is 0. The SMILES string of the molecule is O=C(OC[C@@H]1CCCN2CCCC[C@@H]12)[C@H]1CCCN1C(=O)OCc1ccccc1. The summed E-state index contributed by atoms with van der Waals surface area (Å²) >= 11 is 0. The molecule has 1 aromatic carbocycles. The summed E-state index contributed by atoms with van der Waals surface area (Å²) in [5.41, 5.74) is 0.938. The van der Waals surface area contributed by atoms with Crippen molar-refractivity contribution < 1.29 is 19.1 Å². The van der Waals surface area contributed by atoms with Crippen molar-refractivity contribution in [3.8, 4) is 0 Å². The first-order valence-corrected chi connectivity index (χ1v) is 11.1. The first-order valence-electron chi connectivity index (χ1n) is 11.1. The van der Waals surface area contributed by atoms with Crippen LogP contribution in [0.15, 0.2) is 30.3 Å². The monoisotopic (exact) mass is 400 g/mol. The number of carbonyl (C=O) groups is 2. The predicted molar refractivity (Wildman–Crippen MR) is 109 cm³/mol. The molecule has 0 N–H and O–H groups in total. The van der Waals surface area contributed by atoms with E-state index in [4.69, 9.17) is 9.47 Å². The largest absolute Gasteiger partial charge is 0.464 e. The van der Waals surface area contributed by atoms with Crippen molar-refractivity contribution in [3.63, 3.8) is 0 Å². The Morgan fingerprint density at radius 2 is 1.69 bits per heavy atom. The Morgan fingerprint density at radius 1 is 0.897 bits per heavy atom. The molecule has 0 aliphatic carbocycles. The third-order valence-corrected chi connectivity index (χ3v) is 6.63. The fourth-order valence-corrected chi connectivity index (χ4v) is 5.09.